The Bertz CT molecular complexity index is 1840. The van der Waals surface area contributed by atoms with Crippen molar-refractivity contribution in [3.05, 3.63) is 129 Å². The van der Waals surface area contributed by atoms with Gasteiger partial charge in [-0.3, -0.25) is 0 Å². The first-order chi connectivity index (χ1) is 21.8. The summed E-state index contributed by atoms with van der Waals surface area (Å²) in [4.78, 5) is -1.30. The van der Waals surface area contributed by atoms with E-state index in [4.69, 9.17) is 46.4 Å². The first-order valence-electron chi connectivity index (χ1n) is 15.8. The largest absolute Gasteiger partial charge is 1.00 e. The number of halogens is 6. The smallest absolute Gasteiger partial charge is 1.00 e. The maximum Gasteiger partial charge on any atom is -1.00 e. The molecule has 6 rings (SSSR count). The second kappa shape index (κ2) is 15.0. The van der Waals surface area contributed by atoms with Crippen molar-refractivity contribution in [2.24, 2.45) is 0 Å². The van der Waals surface area contributed by atoms with E-state index in [9.17, 15) is 0 Å². The Balaban J connectivity index is 0.00000260. The van der Waals surface area contributed by atoms with Crippen molar-refractivity contribution in [2.75, 3.05) is 0 Å². The summed E-state index contributed by atoms with van der Waals surface area (Å²) in [5.74, 6) is 0. The zero-order valence-corrected chi connectivity index (χ0v) is 36.5. The monoisotopic (exact) mass is 848 g/mol. The number of allylic oxidation sites excluding steroid dienone is 4. The van der Waals surface area contributed by atoms with Gasteiger partial charge in [-0.05, 0) is 0 Å². The van der Waals surface area contributed by atoms with Crippen molar-refractivity contribution in [3.8, 4) is 22.3 Å². The van der Waals surface area contributed by atoms with E-state index >= 15 is 0 Å². The third-order valence-electron chi connectivity index (χ3n) is 10.8. The molecule has 0 aliphatic heterocycles. The molecule has 0 aromatic heterocycles. The van der Waals surface area contributed by atoms with Crippen molar-refractivity contribution < 1.29 is 45.2 Å². The fourth-order valence-electron chi connectivity index (χ4n) is 8.76. The molecule has 0 radical (unpaired) electrons. The van der Waals surface area contributed by atoms with Gasteiger partial charge in [-0.15, -0.1) is 0 Å². The third kappa shape index (κ3) is 5.63. The Morgan fingerprint density at radius 1 is 0.521 bits per heavy atom. The van der Waals surface area contributed by atoms with Crippen LogP contribution in [0.15, 0.2) is 96.1 Å². The molecule has 4 aromatic rings. The summed E-state index contributed by atoms with van der Waals surface area (Å²) in [6.07, 6.45) is 0. The molecule has 0 spiro atoms. The Morgan fingerprint density at radius 3 is 1.15 bits per heavy atom. The van der Waals surface area contributed by atoms with Gasteiger partial charge in [0.25, 0.3) is 0 Å². The molecule has 250 valence electrons. The molecular formula is C40H40Cl6SiZr. The summed E-state index contributed by atoms with van der Waals surface area (Å²) in [6.45, 7) is 18.6. The van der Waals surface area contributed by atoms with Crippen LogP contribution in [0.2, 0.25) is 13.1 Å². The van der Waals surface area contributed by atoms with E-state index in [1.54, 1.807) is 0 Å². The van der Waals surface area contributed by atoms with Gasteiger partial charge >= 0.3 is 306 Å². The molecule has 0 saturated heterocycles. The van der Waals surface area contributed by atoms with Gasteiger partial charge in [0.05, 0.1) is 0 Å². The molecule has 2 unspecified atom stereocenters. The standard InChI is InChI=1S/2C19H17Cl2.C2H6Si.2ClH.Zr/c2*1-11-9-10-15(14-7-5-4-6-8-14)17-12(2)13(3)18(16(11)17)19(20)21;1-3-2;;;/h2*4-10,19H,1-3H3;1-2H3;2*1H;/q;;;;;+2/p-2. The number of alkyl halides is 4. The van der Waals surface area contributed by atoms with Gasteiger partial charge in [-0.25, -0.2) is 0 Å². The van der Waals surface area contributed by atoms with Crippen molar-refractivity contribution in [1.29, 1.82) is 0 Å². The van der Waals surface area contributed by atoms with Crippen molar-refractivity contribution in [3.63, 3.8) is 0 Å². The maximum absolute atomic E-state index is 7.56. The van der Waals surface area contributed by atoms with Gasteiger partial charge in [0.2, 0.25) is 0 Å². The minimum absolute atomic E-state index is 0. The topological polar surface area (TPSA) is 0 Å². The second-order valence-corrected chi connectivity index (χ2v) is 33.4. The number of aryl methyl sites for hydroxylation is 2. The van der Waals surface area contributed by atoms with Crippen LogP contribution in [-0.4, -0.2) is 15.1 Å². The van der Waals surface area contributed by atoms with E-state index in [1.165, 1.54) is 77.9 Å². The molecule has 0 bridgehead atoms. The van der Waals surface area contributed by atoms with E-state index in [2.05, 4.69) is 140 Å². The SMILES string of the molecule is CC1=C(C)[C](C(Cl)Cl)([Zr+2](=[Si](C)C)[C]2(C(Cl)Cl)C(C)=C(C)c3c(-c4ccccc4)ccc(C)c32)c2c(C)ccc(-c3ccccc3)c21.[Cl-].[Cl-]. The molecule has 2 aliphatic carbocycles. The molecular weight excluding hydrogens is 812 g/mol. The number of hydrogen-bond donors (Lipinski definition) is 0. The minimum atomic E-state index is -3.21. The van der Waals surface area contributed by atoms with Crippen LogP contribution in [-0.2, 0) is 26.6 Å². The molecule has 0 fully saturated rings. The van der Waals surface area contributed by atoms with Crippen LogP contribution in [0.25, 0.3) is 33.4 Å². The molecule has 0 nitrogen and oxygen atoms in total. The zero-order valence-electron chi connectivity index (χ0n) is 28.5. The maximum atomic E-state index is 7.56. The van der Waals surface area contributed by atoms with Crippen molar-refractivity contribution in [2.45, 2.75) is 70.6 Å². The molecule has 0 N–H and O–H groups in total. The molecule has 2 atom stereocenters. The van der Waals surface area contributed by atoms with Crippen LogP contribution in [0.1, 0.15) is 61.1 Å². The summed E-state index contributed by atoms with van der Waals surface area (Å²) >= 11 is 27.0. The summed E-state index contributed by atoms with van der Waals surface area (Å²) in [7, 11) is 0. The third-order valence-corrected chi connectivity index (χ3v) is 35.3. The van der Waals surface area contributed by atoms with Crippen molar-refractivity contribution >= 4 is 63.0 Å². The average Bonchev–Trinajstić information content (AvgIpc) is 3.41. The van der Waals surface area contributed by atoms with Gasteiger partial charge in [-0.2, -0.15) is 0 Å². The number of benzene rings is 4. The summed E-state index contributed by atoms with van der Waals surface area (Å²) in [5, 5.41) is 0. The quantitative estimate of drug-likeness (QED) is 0.148. The molecule has 0 amide bonds. The van der Waals surface area contributed by atoms with Crippen LogP contribution in [0.5, 0.6) is 0 Å². The van der Waals surface area contributed by atoms with E-state index in [0.29, 0.717) is 0 Å². The van der Waals surface area contributed by atoms with Gasteiger partial charge in [0.1, 0.15) is 0 Å². The summed E-state index contributed by atoms with van der Waals surface area (Å²) in [6, 6.07) is 30.5. The fourth-order valence-corrected chi connectivity index (χ4v) is 41.4. The normalized spacial score (nSPS) is 19.5. The zero-order chi connectivity index (χ0) is 33.3. The molecule has 0 heterocycles. The number of hydrogen-bond acceptors (Lipinski definition) is 0. The average molecular weight is 853 g/mol. The van der Waals surface area contributed by atoms with Crippen LogP contribution >= 0.6 is 46.4 Å². The Kier molecular flexibility index (Phi) is 12.5. The fraction of sp³-hybridized carbons (Fsp3) is 0.300. The van der Waals surface area contributed by atoms with Crippen molar-refractivity contribution in [1.82, 2.24) is 0 Å². The molecule has 0 saturated carbocycles. The van der Waals surface area contributed by atoms with E-state index in [-0.39, 0.29) is 24.8 Å². The Morgan fingerprint density at radius 2 is 0.854 bits per heavy atom. The van der Waals surface area contributed by atoms with Gasteiger partial charge in [-0.1, -0.05) is 0 Å². The first-order valence-corrected chi connectivity index (χ1v) is 26.2. The number of rotatable bonds is 6. The minimum Gasteiger partial charge on any atom is -1.00 e. The van der Waals surface area contributed by atoms with E-state index in [1.807, 2.05) is 0 Å². The number of fused-ring (bicyclic) bond motifs is 2. The Labute approximate surface area is 327 Å². The van der Waals surface area contributed by atoms with Gasteiger partial charge in [0, 0.05) is 0 Å². The predicted octanol–water partition coefficient (Wildman–Crippen LogP) is 6.83. The second-order valence-electron chi connectivity index (χ2n) is 13.2. The molecule has 4 aromatic carbocycles. The van der Waals surface area contributed by atoms with Crippen LogP contribution in [0.4, 0.5) is 0 Å². The van der Waals surface area contributed by atoms with Crippen LogP contribution in [0.3, 0.4) is 0 Å². The van der Waals surface area contributed by atoms with E-state index < -0.39 is 41.7 Å². The predicted molar refractivity (Wildman–Crippen MR) is 202 cm³/mol. The Hall–Kier alpha value is -0.800. The summed E-state index contributed by atoms with van der Waals surface area (Å²) in [5.41, 5.74) is 16.7. The molecule has 8 heteroatoms. The molecule has 2 aliphatic rings. The molecule has 48 heavy (non-hydrogen) atoms. The van der Waals surface area contributed by atoms with Gasteiger partial charge in [0.15, 0.2) is 0 Å². The van der Waals surface area contributed by atoms with E-state index in [0.717, 1.165) is 0 Å². The van der Waals surface area contributed by atoms with Crippen LogP contribution in [0, 0.1) is 13.8 Å². The van der Waals surface area contributed by atoms with Crippen LogP contribution < -0.4 is 24.8 Å². The summed E-state index contributed by atoms with van der Waals surface area (Å²) < 4.78 is -1.06. The van der Waals surface area contributed by atoms with Gasteiger partial charge < -0.3 is 24.8 Å². The first kappa shape index (κ1) is 40.0.